The van der Waals surface area contributed by atoms with Crippen molar-refractivity contribution in [1.82, 2.24) is 5.32 Å². The smallest absolute Gasteiger partial charge is 0.391 e. The first-order valence-electron chi connectivity index (χ1n) is 28.8. The number of aliphatic hydroxyl groups is 1. The molecule has 3 unspecified atom stereocenters. The van der Waals surface area contributed by atoms with Gasteiger partial charge < -0.3 is 19.8 Å². The minimum atomic E-state index is -4.35. The number of unbranched alkanes of at least 4 members (excludes halogenated alkanes) is 27. The van der Waals surface area contributed by atoms with Crippen LogP contribution < -0.4 is 5.32 Å². The number of carbonyl (C=O) groups excluding carboxylic acids is 1. The standard InChI is InChI=1S/C60H111N2O6P/c1-6-8-10-12-14-16-18-20-22-24-26-27-28-29-30-31-32-33-34-36-37-39-41-43-45-47-49-51-53-59(63)58(57-68-69(65,66)67-56-55-62(3,4)5)61-60(64)54-52-50-48-46-44-42-40-38-35-25-23-21-19-17-15-13-11-9-7-2/h9,11,15,17,21,23,35,38,42,44,48,50,58-59,63H,6-8,10,12-14,16,18-20,22,24-34,36-37,39-41,43,45-47,49,51-57H2,1-5H3,(H-,61,64,65,66)/p+1/b11-9-,17-15-,23-21-,38-35-,44-42-,50-48-. The van der Waals surface area contributed by atoms with E-state index in [0.29, 0.717) is 23.9 Å². The van der Waals surface area contributed by atoms with Gasteiger partial charge in [0.2, 0.25) is 5.91 Å². The molecule has 0 aromatic carbocycles. The lowest BCUT2D eigenvalue weighted by atomic mass is 10.0. The molecule has 0 aliphatic carbocycles. The van der Waals surface area contributed by atoms with Crippen molar-refractivity contribution in [2.45, 2.75) is 264 Å². The van der Waals surface area contributed by atoms with Crippen molar-refractivity contribution >= 4 is 13.7 Å². The third-order valence-corrected chi connectivity index (χ3v) is 13.7. The van der Waals surface area contributed by atoms with Gasteiger partial charge in [-0.1, -0.05) is 267 Å². The molecule has 9 heteroatoms. The van der Waals surface area contributed by atoms with Crippen LogP contribution in [0.5, 0.6) is 0 Å². The van der Waals surface area contributed by atoms with E-state index < -0.39 is 20.0 Å². The lowest BCUT2D eigenvalue weighted by molar-refractivity contribution is -0.870. The molecule has 0 spiro atoms. The highest BCUT2D eigenvalue weighted by Gasteiger charge is 2.28. The molecule has 0 aliphatic heterocycles. The zero-order valence-corrected chi connectivity index (χ0v) is 46.7. The van der Waals surface area contributed by atoms with Gasteiger partial charge in [-0.15, -0.1) is 0 Å². The van der Waals surface area contributed by atoms with Crippen LogP contribution in [-0.2, 0) is 18.4 Å². The van der Waals surface area contributed by atoms with Crippen molar-refractivity contribution in [3.8, 4) is 0 Å². The van der Waals surface area contributed by atoms with E-state index in [4.69, 9.17) is 9.05 Å². The molecule has 69 heavy (non-hydrogen) atoms. The summed E-state index contributed by atoms with van der Waals surface area (Å²) < 4.78 is 23.7. The van der Waals surface area contributed by atoms with E-state index >= 15 is 0 Å². The van der Waals surface area contributed by atoms with Gasteiger partial charge in [0.1, 0.15) is 13.2 Å². The Hall–Kier alpha value is -2.06. The number of nitrogens with zero attached hydrogens (tertiary/aromatic N) is 1. The van der Waals surface area contributed by atoms with Crippen LogP contribution in [0, 0.1) is 0 Å². The van der Waals surface area contributed by atoms with Gasteiger partial charge in [-0.3, -0.25) is 13.8 Å². The molecule has 0 heterocycles. The van der Waals surface area contributed by atoms with Crippen LogP contribution in [0.3, 0.4) is 0 Å². The first-order valence-corrected chi connectivity index (χ1v) is 30.3. The number of rotatable bonds is 52. The van der Waals surface area contributed by atoms with E-state index in [1.807, 2.05) is 27.2 Å². The number of amides is 1. The van der Waals surface area contributed by atoms with Gasteiger partial charge in [0.05, 0.1) is 39.9 Å². The highest BCUT2D eigenvalue weighted by Crippen LogP contribution is 2.43. The monoisotopic (exact) mass is 988 g/mol. The summed E-state index contributed by atoms with van der Waals surface area (Å²) in [6.45, 7) is 4.73. The topological polar surface area (TPSA) is 105 Å². The lowest BCUT2D eigenvalue weighted by Crippen LogP contribution is -2.46. The number of likely N-dealkylation sites (N-methyl/N-ethyl adjacent to an activating group) is 1. The molecule has 0 fully saturated rings. The molecular formula is C60H112N2O6P+. The summed E-state index contributed by atoms with van der Waals surface area (Å²) in [5.41, 5.74) is 0. The second-order valence-corrected chi connectivity index (χ2v) is 22.1. The molecule has 0 saturated carbocycles. The molecule has 0 saturated heterocycles. The number of phosphoric ester groups is 1. The van der Waals surface area contributed by atoms with E-state index in [1.165, 1.54) is 161 Å². The van der Waals surface area contributed by atoms with E-state index in [1.54, 1.807) is 0 Å². The second kappa shape index (κ2) is 50.9. The molecule has 402 valence electrons. The van der Waals surface area contributed by atoms with Gasteiger partial charge in [0.25, 0.3) is 0 Å². The SMILES string of the molecule is CC/C=C\C/C=C\C/C=C\C/C=C\C/C=C\C/C=C\CCC(=O)NC(COP(=O)(O)OCC[N+](C)(C)C)C(O)CCCCCCCCCCCCCCCCCCCCCCCCCCCCCC. The number of phosphoric acid groups is 1. The van der Waals surface area contributed by atoms with Crippen LogP contribution >= 0.6 is 7.82 Å². The predicted octanol–water partition coefficient (Wildman–Crippen LogP) is 17.5. The van der Waals surface area contributed by atoms with E-state index in [9.17, 15) is 19.4 Å². The minimum Gasteiger partial charge on any atom is -0.391 e. The quantitative estimate of drug-likeness (QED) is 0.0243. The average Bonchev–Trinajstić information content (AvgIpc) is 3.31. The third-order valence-electron chi connectivity index (χ3n) is 12.7. The van der Waals surface area contributed by atoms with Crippen LogP contribution in [0.1, 0.15) is 251 Å². The van der Waals surface area contributed by atoms with Gasteiger partial charge >= 0.3 is 7.82 Å². The summed E-state index contributed by atoms with van der Waals surface area (Å²) >= 11 is 0. The van der Waals surface area contributed by atoms with Crippen LogP contribution in [0.25, 0.3) is 0 Å². The number of carbonyl (C=O) groups is 1. The molecule has 0 aromatic heterocycles. The molecule has 0 aliphatic rings. The second-order valence-electron chi connectivity index (χ2n) is 20.6. The zero-order chi connectivity index (χ0) is 50.6. The van der Waals surface area contributed by atoms with E-state index in [2.05, 4.69) is 86.0 Å². The summed E-state index contributed by atoms with van der Waals surface area (Å²) in [4.78, 5) is 23.3. The first-order chi connectivity index (χ1) is 33.5. The average molecular weight is 989 g/mol. The maximum absolute atomic E-state index is 12.9. The van der Waals surface area contributed by atoms with Crippen LogP contribution in [0.4, 0.5) is 0 Å². The molecule has 0 bridgehead atoms. The number of quaternary nitrogens is 1. The molecule has 1 amide bonds. The Balaban J connectivity index is 4.22. The molecule has 0 radical (unpaired) electrons. The van der Waals surface area contributed by atoms with E-state index in [-0.39, 0.29) is 25.5 Å². The fourth-order valence-corrected chi connectivity index (χ4v) is 8.98. The van der Waals surface area contributed by atoms with Gasteiger partial charge in [-0.25, -0.2) is 4.57 Å². The number of nitrogens with one attached hydrogen (secondary N) is 1. The lowest BCUT2D eigenvalue weighted by Gasteiger charge is -2.26. The van der Waals surface area contributed by atoms with Crippen LogP contribution in [0.2, 0.25) is 0 Å². The number of allylic oxidation sites excluding steroid dienone is 12. The maximum atomic E-state index is 12.9. The third kappa shape index (κ3) is 53.6. The molecule has 0 rings (SSSR count). The minimum absolute atomic E-state index is 0.0580. The molecular weight excluding hydrogens is 876 g/mol. The molecule has 8 nitrogen and oxygen atoms in total. The summed E-state index contributed by atoms with van der Waals surface area (Å²) in [6.07, 6.45) is 69.9. The Labute approximate surface area is 427 Å². The van der Waals surface area contributed by atoms with Crippen molar-refractivity contribution in [3.63, 3.8) is 0 Å². The normalized spacial score (nSPS) is 14.5. The van der Waals surface area contributed by atoms with Gasteiger partial charge in [0.15, 0.2) is 0 Å². The zero-order valence-electron chi connectivity index (χ0n) is 45.8. The van der Waals surface area contributed by atoms with Crippen molar-refractivity contribution in [1.29, 1.82) is 0 Å². The highest BCUT2D eigenvalue weighted by atomic mass is 31.2. The predicted molar refractivity (Wildman–Crippen MR) is 300 cm³/mol. The summed E-state index contributed by atoms with van der Waals surface area (Å²) in [5, 5.41) is 14.0. The first kappa shape index (κ1) is 66.9. The molecule has 3 N–H and O–H groups in total. The van der Waals surface area contributed by atoms with Crippen molar-refractivity contribution in [3.05, 3.63) is 72.9 Å². The Morgan fingerprint density at radius 2 is 0.841 bits per heavy atom. The fourth-order valence-electron chi connectivity index (χ4n) is 8.25. The summed E-state index contributed by atoms with van der Waals surface area (Å²) in [6, 6.07) is -0.806. The Kier molecular flexibility index (Phi) is 49.3. The Bertz CT molecular complexity index is 1350. The number of hydrogen-bond donors (Lipinski definition) is 3. The van der Waals surface area contributed by atoms with E-state index in [0.717, 1.165) is 57.8 Å². The molecule has 0 aromatic rings. The van der Waals surface area contributed by atoms with Gasteiger partial charge in [0, 0.05) is 6.42 Å². The van der Waals surface area contributed by atoms with Gasteiger partial charge in [-0.2, -0.15) is 0 Å². The maximum Gasteiger partial charge on any atom is 0.472 e. The van der Waals surface area contributed by atoms with Crippen molar-refractivity contribution < 1.29 is 32.9 Å². The Morgan fingerprint density at radius 3 is 1.19 bits per heavy atom. The fraction of sp³-hybridized carbons (Fsp3) is 0.783. The van der Waals surface area contributed by atoms with Crippen LogP contribution in [0.15, 0.2) is 72.9 Å². The van der Waals surface area contributed by atoms with Gasteiger partial charge in [-0.05, 0) is 51.4 Å². The summed E-state index contributed by atoms with van der Waals surface area (Å²) in [5.74, 6) is -0.226. The Morgan fingerprint density at radius 1 is 0.507 bits per heavy atom. The molecule has 3 atom stereocenters. The van der Waals surface area contributed by atoms with Crippen LogP contribution in [-0.4, -0.2) is 73.4 Å². The highest BCUT2D eigenvalue weighted by molar-refractivity contribution is 7.47. The summed E-state index contributed by atoms with van der Waals surface area (Å²) in [7, 11) is 1.57. The largest absolute Gasteiger partial charge is 0.472 e. The van der Waals surface area contributed by atoms with Crippen molar-refractivity contribution in [2.75, 3.05) is 40.9 Å². The van der Waals surface area contributed by atoms with Crippen molar-refractivity contribution in [2.24, 2.45) is 0 Å². The number of aliphatic hydroxyl groups excluding tert-OH is 1. The number of hydrogen-bond acceptors (Lipinski definition) is 5.